The Balaban J connectivity index is 1.64. The number of benzene rings is 1. The Labute approximate surface area is 153 Å². The second-order valence-electron chi connectivity index (χ2n) is 6.27. The van der Waals surface area contributed by atoms with Crippen molar-refractivity contribution in [2.75, 3.05) is 48.2 Å². The SMILES string of the molecule is Cc1cc(N(CC(=O)N2CCN(c3ccccc3)CC2)S(C)(=O)=O)no1. The molecule has 0 radical (unpaired) electrons. The molecule has 0 spiro atoms. The van der Waals surface area contributed by atoms with Crippen molar-refractivity contribution in [2.24, 2.45) is 0 Å². The average molecular weight is 378 g/mol. The van der Waals surface area contributed by atoms with Crippen LogP contribution in [0.5, 0.6) is 0 Å². The van der Waals surface area contributed by atoms with Crippen LogP contribution in [0.3, 0.4) is 0 Å². The molecule has 3 rings (SSSR count). The Hall–Kier alpha value is -2.55. The maximum Gasteiger partial charge on any atom is 0.243 e. The molecule has 1 aliphatic heterocycles. The molecule has 140 valence electrons. The third kappa shape index (κ3) is 4.16. The van der Waals surface area contributed by atoms with E-state index in [-0.39, 0.29) is 18.3 Å². The summed E-state index contributed by atoms with van der Waals surface area (Å²) in [7, 11) is -3.64. The molecule has 0 unspecified atom stereocenters. The van der Waals surface area contributed by atoms with E-state index in [2.05, 4.69) is 10.1 Å². The number of piperazine rings is 1. The van der Waals surface area contributed by atoms with E-state index >= 15 is 0 Å². The maximum atomic E-state index is 12.6. The van der Waals surface area contributed by atoms with Crippen LogP contribution in [0.4, 0.5) is 11.5 Å². The molecule has 1 aromatic heterocycles. The highest BCUT2D eigenvalue weighted by Crippen LogP contribution is 2.19. The largest absolute Gasteiger partial charge is 0.368 e. The molecule has 1 aromatic carbocycles. The van der Waals surface area contributed by atoms with Crippen LogP contribution in [0, 0.1) is 6.92 Å². The molecule has 2 aromatic rings. The van der Waals surface area contributed by atoms with Crippen LogP contribution in [-0.4, -0.2) is 63.4 Å². The molecule has 2 heterocycles. The van der Waals surface area contributed by atoms with Crippen LogP contribution in [-0.2, 0) is 14.8 Å². The zero-order chi connectivity index (χ0) is 18.7. The van der Waals surface area contributed by atoms with Gasteiger partial charge in [-0.15, -0.1) is 0 Å². The Bertz CT molecular complexity index is 858. The second-order valence-corrected chi connectivity index (χ2v) is 8.18. The number of nitrogens with zero attached hydrogens (tertiary/aromatic N) is 4. The number of carbonyl (C=O) groups is 1. The van der Waals surface area contributed by atoms with E-state index in [4.69, 9.17) is 4.52 Å². The van der Waals surface area contributed by atoms with E-state index in [0.717, 1.165) is 16.2 Å². The predicted molar refractivity (Wildman–Crippen MR) is 98.7 cm³/mol. The number of hydrogen-bond donors (Lipinski definition) is 0. The first kappa shape index (κ1) is 18.2. The van der Waals surface area contributed by atoms with E-state index in [1.165, 1.54) is 6.07 Å². The Morgan fingerprint density at radius 1 is 1.19 bits per heavy atom. The molecule has 8 nitrogen and oxygen atoms in total. The minimum atomic E-state index is -3.64. The molecule has 0 atom stereocenters. The minimum absolute atomic E-state index is 0.126. The summed E-state index contributed by atoms with van der Waals surface area (Å²) in [6.07, 6.45) is 1.05. The van der Waals surface area contributed by atoms with Gasteiger partial charge in [0.1, 0.15) is 12.3 Å². The molecule has 26 heavy (non-hydrogen) atoms. The summed E-state index contributed by atoms with van der Waals surface area (Å²) in [6, 6.07) is 11.5. The number of carbonyl (C=O) groups excluding carboxylic acids is 1. The minimum Gasteiger partial charge on any atom is -0.368 e. The molecule has 0 bridgehead atoms. The first-order valence-electron chi connectivity index (χ1n) is 8.33. The highest BCUT2D eigenvalue weighted by molar-refractivity contribution is 7.92. The first-order valence-corrected chi connectivity index (χ1v) is 10.2. The Morgan fingerprint density at radius 2 is 1.85 bits per heavy atom. The van der Waals surface area contributed by atoms with Crippen molar-refractivity contribution in [3.8, 4) is 0 Å². The molecule has 0 saturated carbocycles. The van der Waals surface area contributed by atoms with Crippen molar-refractivity contribution < 1.29 is 17.7 Å². The summed E-state index contributed by atoms with van der Waals surface area (Å²) in [5, 5.41) is 3.73. The van der Waals surface area contributed by atoms with Gasteiger partial charge in [0.05, 0.1) is 6.26 Å². The van der Waals surface area contributed by atoms with Crippen LogP contribution in [0.25, 0.3) is 0 Å². The lowest BCUT2D eigenvalue weighted by molar-refractivity contribution is -0.129. The van der Waals surface area contributed by atoms with Gasteiger partial charge >= 0.3 is 0 Å². The van der Waals surface area contributed by atoms with Gasteiger partial charge < -0.3 is 14.3 Å². The van der Waals surface area contributed by atoms with Crippen LogP contribution >= 0.6 is 0 Å². The number of rotatable bonds is 5. The third-order valence-corrected chi connectivity index (χ3v) is 5.42. The van der Waals surface area contributed by atoms with E-state index in [9.17, 15) is 13.2 Å². The quantitative estimate of drug-likeness (QED) is 0.774. The lowest BCUT2D eigenvalue weighted by Gasteiger charge is -2.36. The van der Waals surface area contributed by atoms with Gasteiger partial charge in [-0.1, -0.05) is 23.4 Å². The number of amides is 1. The zero-order valence-electron chi connectivity index (χ0n) is 14.8. The summed E-state index contributed by atoms with van der Waals surface area (Å²) >= 11 is 0. The normalized spacial score (nSPS) is 15.2. The fourth-order valence-electron chi connectivity index (χ4n) is 2.91. The molecule has 9 heteroatoms. The van der Waals surface area contributed by atoms with Crippen LogP contribution in [0.15, 0.2) is 40.9 Å². The third-order valence-electron chi connectivity index (χ3n) is 4.30. The molecule has 1 saturated heterocycles. The zero-order valence-corrected chi connectivity index (χ0v) is 15.6. The van der Waals surface area contributed by atoms with Gasteiger partial charge in [-0.05, 0) is 19.1 Å². The molecule has 0 aliphatic carbocycles. The van der Waals surface area contributed by atoms with Crippen molar-refractivity contribution in [1.29, 1.82) is 0 Å². The number of sulfonamides is 1. The van der Waals surface area contributed by atoms with Gasteiger partial charge in [-0.25, -0.2) is 12.7 Å². The van der Waals surface area contributed by atoms with Gasteiger partial charge in [0.2, 0.25) is 15.9 Å². The van der Waals surface area contributed by atoms with Gasteiger partial charge in [-0.2, -0.15) is 0 Å². The average Bonchev–Trinajstić information content (AvgIpc) is 3.05. The smallest absolute Gasteiger partial charge is 0.243 e. The van der Waals surface area contributed by atoms with Gasteiger partial charge in [-0.3, -0.25) is 4.79 Å². The fraction of sp³-hybridized carbons (Fsp3) is 0.412. The van der Waals surface area contributed by atoms with Gasteiger partial charge in [0.15, 0.2) is 5.82 Å². The Morgan fingerprint density at radius 3 is 2.38 bits per heavy atom. The number of aromatic nitrogens is 1. The number of aryl methyl sites for hydroxylation is 1. The molecule has 1 aliphatic rings. The van der Waals surface area contributed by atoms with Crippen LogP contribution < -0.4 is 9.21 Å². The lowest BCUT2D eigenvalue weighted by atomic mass is 10.2. The highest BCUT2D eigenvalue weighted by Gasteiger charge is 2.28. The highest BCUT2D eigenvalue weighted by atomic mass is 32.2. The molecule has 1 amide bonds. The van der Waals surface area contributed by atoms with Crippen molar-refractivity contribution >= 4 is 27.4 Å². The van der Waals surface area contributed by atoms with E-state index in [0.29, 0.717) is 31.9 Å². The standard InChI is InChI=1S/C17H22N4O4S/c1-14-12-16(18-25-14)21(26(2,23)24)13-17(22)20-10-8-19(9-11-20)15-6-4-3-5-7-15/h3-7,12H,8-11,13H2,1-2H3. The molecule has 1 fully saturated rings. The summed E-state index contributed by atoms with van der Waals surface area (Å²) in [5.41, 5.74) is 1.12. The van der Waals surface area contributed by atoms with Crippen molar-refractivity contribution in [3.05, 3.63) is 42.2 Å². The molecular weight excluding hydrogens is 356 g/mol. The monoisotopic (exact) mass is 378 g/mol. The van der Waals surface area contributed by atoms with Crippen molar-refractivity contribution in [2.45, 2.75) is 6.92 Å². The predicted octanol–water partition coefficient (Wildman–Crippen LogP) is 1.10. The van der Waals surface area contributed by atoms with Crippen molar-refractivity contribution in [3.63, 3.8) is 0 Å². The molecular formula is C17H22N4O4S. The summed E-state index contributed by atoms with van der Waals surface area (Å²) in [6.45, 7) is 3.89. The molecule has 0 N–H and O–H groups in total. The van der Waals surface area contributed by atoms with E-state index < -0.39 is 10.0 Å². The fourth-order valence-corrected chi connectivity index (χ4v) is 3.69. The second kappa shape index (κ2) is 7.36. The number of hydrogen-bond acceptors (Lipinski definition) is 6. The van der Waals surface area contributed by atoms with Crippen LogP contribution in [0.1, 0.15) is 5.76 Å². The van der Waals surface area contributed by atoms with Crippen molar-refractivity contribution in [1.82, 2.24) is 10.1 Å². The number of para-hydroxylation sites is 1. The summed E-state index contributed by atoms with van der Waals surface area (Å²) < 4.78 is 30.0. The first-order chi connectivity index (χ1) is 12.3. The van der Waals surface area contributed by atoms with E-state index in [1.54, 1.807) is 11.8 Å². The van der Waals surface area contributed by atoms with Crippen LogP contribution in [0.2, 0.25) is 0 Å². The van der Waals surface area contributed by atoms with E-state index in [1.807, 2.05) is 30.3 Å². The summed E-state index contributed by atoms with van der Waals surface area (Å²) in [4.78, 5) is 16.5. The Kier molecular flexibility index (Phi) is 5.17. The maximum absolute atomic E-state index is 12.6. The lowest BCUT2D eigenvalue weighted by Crippen LogP contribution is -2.52. The van der Waals surface area contributed by atoms with Gasteiger partial charge in [0.25, 0.3) is 0 Å². The summed E-state index contributed by atoms with van der Waals surface area (Å²) in [5.74, 6) is 0.364. The topological polar surface area (TPSA) is 87.0 Å². The number of anilines is 2. The van der Waals surface area contributed by atoms with Gasteiger partial charge in [0, 0.05) is 37.9 Å².